The number of anilines is 2. The predicted octanol–water partition coefficient (Wildman–Crippen LogP) is 4.86. The second-order valence-electron chi connectivity index (χ2n) is 4.68. The second-order valence-corrected chi connectivity index (χ2v) is 7.23. The zero-order chi connectivity index (χ0) is 17.1. The van der Waals surface area contributed by atoms with Crippen molar-refractivity contribution < 1.29 is 13.9 Å². The maximum atomic E-state index is 13.8. The Bertz CT molecular complexity index is 777. The predicted molar refractivity (Wildman–Crippen MR) is 99.1 cm³/mol. The van der Waals surface area contributed by atoms with Crippen molar-refractivity contribution >= 4 is 61.3 Å². The molecule has 0 saturated heterocycles. The Balaban J connectivity index is 2.20. The fourth-order valence-corrected chi connectivity index (χ4v) is 3.57. The first-order valence-electron chi connectivity index (χ1n) is 6.54. The number of carbonyl (C=O) groups excluding carboxylic acids is 1. The van der Waals surface area contributed by atoms with E-state index < -0.39 is 11.8 Å². The number of halogens is 2. The fourth-order valence-electron chi connectivity index (χ4n) is 1.91. The first-order chi connectivity index (χ1) is 10.8. The van der Waals surface area contributed by atoms with E-state index in [4.69, 9.17) is 17.0 Å². The average molecular weight is 417 g/mol. The van der Waals surface area contributed by atoms with Crippen molar-refractivity contribution in [3.63, 3.8) is 0 Å². The van der Waals surface area contributed by atoms with Gasteiger partial charge in [-0.15, -0.1) is 11.3 Å². The molecule has 0 amide bonds. The molecule has 122 valence electrons. The van der Waals surface area contributed by atoms with Gasteiger partial charge in [-0.2, -0.15) is 0 Å². The van der Waals surface area contributed by atoms with Gasteiger partial charge in [0, 0.05) is 9.35 Å². The SMILES string of the molecule is COC(=O)c1c(NC(=S)Nc2ccc(Br)cc2F)sc(C)c1C. The van der Waals surface area contributed by atoms with Crippen LogP contribution in [0.25, 0.3) is 0 Å². The van der Waals surface area contributed by atoms with Gasteiger partial charge in [0.15, 0.2) is 5.11 Å². The highest BCUT2D eigenvalue weighted by atomic mass is 79.9. The Kier molecular flexibility index (Phi) is 5.72. The third-order valence-electron chi connectivity index (χ3n) is 3.18. The van der Waals surface area contributed by atoms with E-state index in [1.807, 2.05) is 13.8 Å². The summed E-state index contributed by atoms with van der Waals surface area (Å²) in [5.41, 5.74) is 1.52. The van der Waals surface area contributed by atoms with Crippen molar-refractivity contribution in [2.45, 2.75) is 13.8 Å². The number of nitrogens with one attached hydrogen (secondary N) is 2. The van der Waals surface area contributed by atoms with Gasteiger partial charge >= 0.3 is 5.97 Å². The lowest BCUT2D eigenvalue weighted by atomic mass is 10.1. The maximum Gasteiger partial charge on any atom is 0.341 e. The number of benzene rings is 1. The van der Waals surface area contributed by atoms with Crippen molar-refractivity contribution in [3.05, 3.63) is 44.5 Å². The number of rotatable bonds is 3. The van der Waals surface area contributed by atoms with Crippen LogP contribution in [0.1, 0.15) is 20.8 Å². The molecule has 0 bridgehead atoms. The van der Waals surface area contributed by atoms with Gasteiger partial charge in [0.2, 0.25) is 0 Å². The number of thiocarbonyl (C=S) groups is 1. The molecular weight excluding hydrogens is 403 g/mol. The van der Waals surface area contributed by atoms with Gasteiger partial charge in [0.1, 0.15) is 10.8 Å². The standard InChI is InChI=1S/C15H14BrFN2O2S2/c1-7-8(2)23-13(12(7)14(20)21-3)19-15(22)18-11-5-4-9(16)6-10(11)17/h4-6H,1-3H3,(H2,18,19,22). The number of hydrogen-bond donors (Lipinski definition) is 2. The molecule has 0 aliphatic rings. The molecule has 1 aromatic heterocycles. The molecule has 0 fully saturated rings. The Morgan fingerprint density at radius 3 is 2.65 bits per heavy atom. The largest absolute Gasteiger partial charge is 0.465 e. The third kappa shape index (κ3) is 4.07. The molecule has 1 heterocycles. The second kappa shape index (κ2) is 7.37. The van der Waals surface area contributed by atoms with Crippen molar-refractivity contribution in [2.24, 2.45) is 0 Å². The minimum Gasteiger partial charge on any atom is -0.465 e. The summed E-state index contributed by atoms with van der Waals surface area (Å²) < 4.78 is 19.3. The number of thiophene rings is 1. The molecule has 23 heavy (non-hydrogen) atoms. The zero-order valence-corrected chi connectivity index (χ0v) is 15.8. The van der Waals surface area contributed by atoms with Crippen LogP contribution in [0.4, 0.5) is 15.1 Å². The Labute approximate surface area is 151 Å². The molecule has 1 aromatic carbocycles. The number of ether oxygens (including phenoxy) is 1. The lowest BCUT2D eigenvalue weighted by molar-refractivity contribution is 0.0601. The van der Waals surface area contributed by atoms with Gasteiger partial charge in [0.25, 0.3) is 0 Å². The van der Waals surface area contributed by atoms with E-state index in [-0.39, 0.29) is 10.8 Å². The van der Waals surface area contributed by atoms with Gasteiger partial charge in [-0.25, -0.2) is 9.18 Å². The quantitative estimate of drug-likeness (QED) is 0.552. The topological polar surface area (TPSA) is 50.4 Å². The molecule has 0 saturated carbocycles. The first-order valence-corrected chi connectivity index (χ1v) is 8.56. The first kappa shape index (κ1) is 17.8. The van der Waals surface area contributed by atoms with Gasteiger partial charge in [0.05, 0.1) is 18.4 Å². The number of methoxy groups -OCH3 is 1. The summed E-state index contributed by atoms with van der Waals surface area (Å²) in [5, 5.41) is 6.48. The van der Waals surface area contributed by atoms with Gasteiger partial charge < -0.3 is 15.4 Å². The zero-order valence-electron chi connectivity index (χ0n) is 12.6. The summed E-state index contributed by atoms with van der Waals surface area (Å²) in [5.74, 6) is -0.873. The van der Waals surface area contributed by atoms with Crippen LogP contribution in [0.3, 0.4) is 0 Å². The third-order valence-corrected chi connectivity index (χ3v) is 5.00. The summed E-state index contributed by atoms with van der Waals surface area (Å²) in [4.78, 5) is 12.9. The Hall–Kier alpha value is -1.51. The van der Waals surface area contributed by atoms with E-state index >= 15 is 0 Å². The van der Waals surface area contributed by atoms with Crippen LogP contribution in [0.2, 0.25) is 0 Å². The average Bonchev–Trinajstić information content (AvgIpc) is 2.76. The van der Waals surface area contributed by atoms with Crippen LogP contribution < -0.4 is 10.6 Å². The van der Waals surface area contributed by atoms with E-state index in [0.29, 0.717) is 15.0 Å². The summed E-state index contributed by atoms with van der Waals surface area (Å²) in [6.45, 7) is 3.75. The highest BCUT2D eigenvalue weighted by Crippen LogP contribution is 2.33. The van der Waals surface area contributed by atoms with Crippen LogP contribution in [-0.2, 0) is 4.74 Å². The lowest BCUT2D eigenvalue weighted by Crippen LogP contribution is -2.20. The van der Waals surface area contributed by atoms with Crippen molar-refractivity contribution in [2.75, 3.05) is 17.7 Å². The van der Waals surface area contributed by atoms with E-state index in [9.17, 15) is 9.18 Å². The molecule has 2 aromatic rings. The van der Waals surface area contributed by atoms with Crippen LogP contribution >= 0.6 is 39.5 Å². The molecule has 0 aliphatic carbocycles. The van der Waals surface area contributed by atoms with Gasteiger partial charge in [-0.3, -0.25) is 0 Å². The number of aryl methyl sites for hydroxylation is 1. The van der Waals surface area contributed by atoms with E-state index in [1.165, 1.54) is 24.5 Å². The van der Waals surface area contributed by atoms with Crippen LogP contribution in [0.5, 0.6) is 0 Å². The van der Waals surface area contributed by atoms with E-state index in [1.54, 1.807) is 12.1 Å². The molecule has 0 aliphatic heterocycles. The van der Waals surface area contributed by atoms with E-state index in [0.717, 1.165) is 10.4 Å². The summed E-state index contributed by atoms with van der Waals surface area (Å²) in [7, 11) is 1.33. The Morgan fingerprint density at radius 2 is 2.04 bits per heavy atom. The Morgan fingerprint density at radius 1 is 1.35 bits per heavy atom. The van der Waals surface area contributed by atoms with Crippen molar-refractivity contribution in [1.82, 2.24) is 0 Å². The van der Waals surface area contributed by atoms with Crippen LogP contribution in [-0.4, -0.2) is 18.2 Å². The fraction of sp³-hybridized carbons (Fsp3) is 0.200. The van der Waals surface area contributed by atoms with Crippen LogP contribution in [0, 0.1) is 19.7 Å². The number of esters is 1. The summed E-state index contributed by atoms with van der Waals surface area (Å²) >= 11 is 9.78. The van der Waals surface area contributed by atoms with Crippen molar-refractivity contribution in [3.8, 4) is 0 Å². The molecule has 0 spiro atoms. The van der Waals surface area contributed by atoms with Gasteiger partial charge in [-0.05, 0) is 49.8 Å². The van der Waals surface area contributed by atoms with Crippen molar-refractivity contribution in [1.29, 1.82) is 0 Å². The summed E-state index contributed by atoms with van der Waals surface area (Å²) in [6, 6.07) is 4.61. The molecule has 0 unspecified atom stereocenters. The number of carbonyl (C=O) groups is 1. The minimum atomic E-state index is -0.438. The monoisotopic (exact) mass is 416 g/mol. The molecular formula is C15H14BrFN2O2S2. The molecule has 2 rings (SSSR count). The smallest absolute Gasteiger partial charge is 0.341 e. The van der Waals surface area contributed by atoms with Gasteiger partial charge in [-0.1, -0.05) is 15.9 Å². The lowest BCUT2D eigenvalue weighted by Gasteiger charge is -2.11. The molecule has 8 heteroatoms. The molecule has 0 atom stereocenters. The van der Waals surface area contributed by atoms with E-state index in [2.05, 4.69) is 26.6 Å². The number of hydrogen-bond acceptors (Lipinski definition) is 4. The normalized spacial score (nSPS) is 10.3. The molecule has 4 nitrogen and oxygen atoms in total. The highest BCUT2D eigenvalue weighted by Gasteiger charge is 2.21. The maximum absolute atomic E-state index is 13.8. The molecule has 0 radical (unpaired) electrons. The minimum absolute atomic E-state index is 0.192. The highest BCUT2D eigenvalue weighted by molar-refractivity contribution is 9.10. The van der Waals surface area contributed by atoms with Crippen LogP contribution in [0.15, 0.2) is 22.7 Å². The summed E-state index contributed by atoms with van der Waals surface area (Å²) in [6.07, 6.45) is 0. The molecule has 2 N–H and O–H groups in total.